The Morgan fingerprint density at radius 1 is 1.15 bits per heavy atom. The van der Waals surface area contributed by atoms with Gasteiger partial charge in [0.05, 0.1) is 12.8 Å². The van der Waals surface area contributed by atoms with Crippen LogP contribution in [0.5, 0.6) is 5.75 Å². The van der Waals surface area contributed by atoms with Gasteiger partial charge in [-0.2, -0.15) is 0 Å². The van der Waals surface area contributed by atoms with Gasteiger partial charge in [0.15, 0.2) is 0 Å². The van der Waals surface area contributed by atoms with E-state index in [0.29, 0.717) is 12.4 Å². The summed E-state index contributed by atoms with van der Waals surface area (Å²) in [6, 6.07) is 5.79. The molecule has 0 aliphatic rings. The number of halogens is 1. The minimum Gasteiger partial charge on any atom is -0.492 e. The van der Waals surface area contributed by atoms with Crippen LogP contribution in [-0.2, 0) is 0 Å². The molecular weight excluding hydrogens is 318 g/mol. The minimum atomic E-state index is -0.701. The Balaban J connectivity index is 2.35. The number of hydrogen-bond donors (Lipinski definition) is 1. The van der Waals surface area contributed by atoms with Gasteiger partial charge >= 0.3 is 0 Å². The van der Waals surface area contributed by atoms with Crippen LogP contribution in [0, 0.1) is 13.8 Å². The van der Waals surface area contributed by atoms with Gasteiger partial charge in [0.2, 0.25) is 0 Å². The molecule has 0 spiro atoms. The molecule has 1 heterocycles. The van der Waals surface area contributed by atoms with Gasteiger partial charge in [0, 0.05) is 16.2 Å². The molecule has 2 aromatic rings. The van der Waals surface area contributed by atoms with Gasteiger partial charge in [0.25, 0.3) is 0 Å². The van der Waals surface area contributed by atoms with E-state index in [1.54, 1.807) is 12.4 Å². The number of aliphatic hydroxyl groups is 1. The Kier molecular flexibility index (Phi) is 4.78. The molecule has 20 heavy (non-hydrogen) atoms. The van der Waals surface area contributed by atoms with Gasteiger partial charge in [0.1, 0.15) is 11.9 Å². The van der Waals surface area contributed by atoms with Crippen molar-refractivity contribution in [3.63, 3.8) is 0 Å². The number of aryl methyl sites for hydroxylation is 2. The topological polar surface area (TPSA) is 42.4 Å². The molecule has 3 nitrogen and oxygen atoms in total. The molecule has 0 aliphatic carbocycles. The number of nitrogens with zero attached hydrogens (tertiary/aromatic N) is 1. The maximum absolute atomic E-state index is 10.5. The normalized spacial score (nSPS) is 12.2. The van der Waals surface area contributed by atoms with Crippen molar-refractivity contribution >= 4 is 15.9 Å². The van der Waals surface area contributed by atoms with E-state index in [2.05, 4.69) is 20.9 Å². The van der Waals surface area contributed by atoms with Gasteiger partial charge in [-0.25, -0.2) is 0 Å². The Morgan fingerprint density at radius 3 is 2.40 bits per heavy atom. The highest BCUT2D eigenvalue weighted by atomic mass is 79.9. The van der Waals surface area contributed by atoms with Crippen molar-refractivity contribution in [2.75, 3.05) is 6.61 Å². The van der Waals surface area contributed by atoms with Gasteiger partial charge < -0.3 is 9.84 Å². The van der Waals surface area contributed by atoms with Crippen molar-refractivity contribution < 1.29 is 9.84 Å². The number of benzene rings is 1. The molecular formula is C16H18BrNO2. The third-order valence-electron chi connectivity index (χ3n) is 3.14. The van der Waals surface area contributed by atoms with Crippen molar-refractivity contribution in [3.05, 3.63) is 57.3 Å². The number of aromatic nitrogens is 1. The number of pyridine rings is 1. The first-order valence-corrected chi connectivity index (χ1v) is 7.34. The largest absolute Gasteiger partial charge is 0.492 e. The fourth-order valence-corrected chi connectivity index (χ4v) is 2.39. The van der Waals surface area contributed by atoms with E-state index in [4.69, 9.17) is 4.74 Å². The third kappa shape index (κ3) is 3.19. The van der Waals surface area contributed by atoms with E-state index in [-0.39, 0.29) is 0 Å². The first-order chi connectivity index (χ1) is 9.52. The maximum atomic E-state index is 10.5. The highest BCUT2D eigenvalue weighted by molar-refractivity contribution is 9.10. The molecule has 0 bridgehead atoms. The molecule has 1 N–H and O–H groups in total. The molecule has 1 unspecified atom stereocenters. The Morgan fingerprint density at radius 2 is 1.80 bits per heavy atom. The standard InChI is InChI=1S/C16H18BrNO2/c1-4-20-14-7-13(8-18-9-14)16(19)12-5-10(2)15(17)11(3)6-12/h5-9,16,19H,4H2,1-3H3. The van der Waals surface area contributed by atoms with E-state index in [1.165, 1.54) is 0 Å². The molecule has 0 saturated heterocycles. The Labute approximate surface area is 127 Å². The highest BCUT2D eigenvalue weighted by Gasteiger charge is 2.14. The number of rotatable bonds is 4. The lowest BCUT2D eigenvalue weighted by Crippen LogP contribution is -2.03. The molecule has 0 amide bonds. The second-order valence-electron chi connectivity index (χ2n) is 4.76. The predicted octanol–water partition coefficient (Wildman–Crippen LogP) is 3.94. The second kappa shape index (κ2) is 6.37. The molecule has 1 atom stereocenters. The van der Waals surface area contributed by atoms with E-state index in [0.717, 1.165) is 26.7 Å². The van der Waals surface area contributed by atoms with E-state index in [9.17, 15) is 5.11 Å². The summed E-state index contributed by atoms with van der Waals surface area (Å²) in [7, 11) is 0. The van der Waals surface area contributed by atoms with Crippen LogP contribution in [0.4, 0.5) is 0 Å². The van der Waals surface area contributed by atoms with Gasteiger partial charge in [-0.15, -0.1) is 0 Å². The molecule has 2 rings (SSSR count). The SMILES string of the molecule is CCOc1cncc(C(O)c2cc(C)c(Br)c(C)c2)c1. The summed E-state index contributed by atoms with van der Waals surface area (Å²) >= 11 is 3.54. The third-order valence-corrected chi connectivity index (χ3v) is 4.39. The van der Waals surface area contributed by atoms with E-state index < -0.39 is 6.10 Å². The lowest BCUT2D eigenvalue weighted by molar-refractivity contribution is 0.218. The molecule has 4 heteroatoms. The van der Waals surface area contributed by atoms with Crippen LogP contribution >= 0.6 is 15.9 Å². The number of ether oxygens (including phenoxy) is 1. The zero-order valence-electron chi connectivity index (χ0n) is 11.9. The Hall–Kier alpha value is -1.39. The van der Waals surface area contributed by atoms with Crippen LogP contribution in [-0.4, -0.2) is 16.7 Å². The lowest BCUT2D eigenvalue weighted by atomic mass is 9.99. The molecule has 0 aliphatic heterocycles. The number of hydrogen-bond acceptors (Lipinski definition) is 3. The summed E-state index contributed by atoms with van der Waals surface area (Å²) < 4.78 is 6.50. The average molecular weight is 336 g/mol. The summed E-state index contributed by atoms with van der Waals surface area (Å²) in [5, 5.41) is 10.5. The zero-order valence-corrected chi connectivity index (χ0v) is 13.4. The van der Waals surface area contributed by atoms with Crippen molar-refractivity contribution in [1.82, 2.24) is 4.98 Å². The van der Waals surface area contributed by atoms with Gasteiger partial charge in [-0.1, -0.05) is 28.1 Å². The Bertz CT molecular complexity index is 590. The van der Waals surface area contributed by atoms with Crippen molar-refractivity contribution in [3.8, 4) is 5.75 Å². The summed E-state index contributed by atoms with van der Waals surface area (Å²) in [6.07, 6.45) is 2.62. The molecule has 0 radical (unpaired) electrons. The van der Waals surface area contributed by atoms with Crippen LogP contribution in [0.2, 0.25) is 0 Å². The molecule has 1 aromatic carbocycles. The first-order valence-electron chi connectivity index (χ1n) is 6.55. The fourth-order valence-electron chi connectivity index (χ4n) is 2.16. The average Bonchev–Trinajstić information content (AvgIpc) is 2.44. The fraction of sp³-hybridized carbons (Fsp3) is 0.312. The predicted molar refractivity (Wildman–Crippen MR) is 83.1 cm³/mol. The summed E-state index contributed by atoms with van der Waals surface area (Å²) in [6.45, 7) is 6.53. The summed E-state index contributed by atoms with van der Waals surface area (Å²) in [5.41, 5.74) is 3.80. The lowest BCUT2D eigenvalue weighted by Gasteiger charge is -2.15. The molecule has 106 valence electrons. The monoisotopic (exact) mass is 335 g/mol. The number of aliphatic hydroxyl groups excluding tert-OH is 1. The highest BCUT2D eigenvalue weighted by Crippen LogP contribution is 2.29. The maximum Gasteiger partial charge on any atom is 0.137 e. The van der Waals surface area contributed by atoms with Crippen molar-refractivity contribution in [2.45, 2.75) is 26.9 Å². The molecule has 0 fully saturated rings. The van der Waals surface area contributed by atoms with Crippen molar-refractivity contribution in [1.29, 1.82) is 0 Å². The molecule has 0 saturated carbocycles. The van der Waals surface area contributed by atoms with Gasteiger partial charge in [-0.05, 0) is 43.5 Å². The van der Waals surface area contributed by atoms with Crippen LogP contribution in [0.25, 0.3) is 0 Å². The van der Waals surface area contributed by atoms with Crippen LogP contribution in [0.15, 0.2) is 35.1 Å². The quantitative estimate of drug-likeness (QED) is 0.920. The van der Waals surface area contributed by atoms with Crippen LogP contribution < -0.4 is 4.74 Å². The zero-order chi connectivity index (χ0) is 14.7. The smallest absolute Gasteiger partial charge is 0.137 e. The van der Waals surface area contributed by atoms with E-state index in [1.807, 2.05) is 39.0 Å². The van der Waals surface area contributed by atoms with Gasteiger partial charge in [-0.3, -0.25) is 4.98 Å². The minimum absolute atomic E-state index is 0.581. The second-order valence-corrected chi connectivity index (χ2v) is 5.55. The summed E-state index contributed by atoms with van der Waals surface area (Å²) in [4.78, 5) is 4.12. The molecule has 1 aromatic heterocycles. The van der Waals surface area contributed by atoms with Crippen LogP contribution in [0.1, 0.15) is 35.3 Å². The first kappa shape index (κ1) is 15.0. The summed E-state index contributed by atoms with van der Waals surface area (Å²) in [5.74, 6) is 0.676. The van der Waals surface area contributed by atoms with E-state index >= 15 is 0 Å². The van der Waals surface area contributed by atoms with Crippen LogP contribution in [0.3, 0.4) is 0 Å². The van der Waals surface area contributed by atoms with Crippen molar-refractivity contribution in [2.24, 2.45) is 0 Å².